The maximum Gasteiger partial charge on any atom is 0.0462 e. The molecular weight excluding hydrogens is 304 g/mol. The Morgan fingerprint density at radius 3 is 1.76 bits per heavy atom. The molecule has 1 nitrogen and oxygen atoms in total. The highest BCUT2D eigenvalue weighted by Crippen LogP contribution is 2.79. The van der Waals surface area contributed by atoms with Crippen LogP contribution in [0.3, 0.4) is 0 Å². The normalized spacial score (nSPS) is 66.6. The van der Waals surface area contributed by atoms with Crippen LogP contribution >= 0.6 is 0 Å². The molecule has 138 valence electrons. The summed E-state index contributed by atoms with van der Waals surface area (Å²) in [7, 11) is 0. The zero-order valence-electron chi connectivity index (χ0n) is 16.2. The molecule has 0 aromatic rings. The van der Waals surface area contributed by atoms with Gasteiger partial charge in [-0.1, -0.05) is 32.9 Å². The smallest absolute Gasteiger partial charge is 0.0462 e. The van der Waals surface area contributed by atoms with E-state index in [1.54, 1.807) is 12.8 Å². The van der Waals surface area contributed by atoms with Crippen LogP contribution in [0.25, 0.3) is 0 Å². The molecule has 1 N–H and O–H groups in total. The Balaban J connectivity index is 0.000000623. The first-order valence-electron chi connectivity index (χ1n) is 11.6. The first-order valence-corrected chi connectivity index (χ1v) is 11.6. The van der Waals surface area contributed by atoms with Crippen molar-refractivity contribution in [3.05, 3.63) is 12.2 Å². The largest absolute Gasteiger partial charge is 0.396 e. The topological polar surface area (TPSA) is 20.2 Å². The fourth-order valence-corrected chi connectivity index (χ4v) is 10.8. The van der Waals surface area contributed by atoms with E-state index in [4.69, 9.17) is 0 Å². The van der Waals surface area contributed by atoms with Crippen molar-refractivity contribution in [1.82, 2.24) is 0 Å². The van der Waals surface area contributed by atoms with E-state index in [2.05, 4.69) is 19.1 Å². The fourth-order valence-electron chi connectivity index (χ4n) is 10.8. The number of aliphatic hydroxyl groups is 1. The van der Waals surface area contributed by atoms with E-state index in [-0.39, 0.29) is 0 Å². The average molecular weight is 341 g/mol. The van der Waals surface area contributed by atoms with Gasteiger partial charge in [-0.2, -0.15) is 0 Å². The van der Waals surface area contributed by atoms with E-state index in [0.717, 1.165) is 76.9 Å². The van der Waals surface area contributed by atoms with Gasteiger partial charge in [-0.15, -0.1) is 0 Å². The SMILES string of the molecule is CC.CC1CC(CO)C2C3CC(C12)C1C2CC(C4C5C=CC(C5)C24)C31. The van der Waals surface area contributed by atoms with Crippen molar-refractivity contribution in [2.24, 2.45) is 82.9 Å². The first-order chi connectivity index (χ1) is 12.3. The van der Waals surface area contributed by atoms with Crippen LogP contribution in [0.1, 0.15) is 46.5 Å². The van der Waals surface area contributed by atoms with Gasteiger partial charge in [-0.05, 0) is 109 Å². The Morgan fingerprint density at radius 1 is 0.680 bits per heavy atom. The Labute approximate surface area is 153 Å². The summed E-state index contributed by atoms with van der Waals surface area (Å²) in [5.41, 5.74) is 0. The third kappa shape index (κ3) is 1.63. The van der Waals surface area contributed by atoms with Gasteiger partial charge in [0.05, 0.1) is 0 Å². The monoisotopic (exact) mass is 340 g/mol. The predicted octanol–water partition coefficient (Wildman–Crippen LogP) is 4.86. The van der Waals surface area contributed by atoms with E-state index < -0.39 is 0 Å². The van der Waals surface area contributed by atoms with Crippen molar-refractivity contribution in [1.29, 1.82) is 0 Å². The fraction of sp³-hybridized carbons (Fsp3) is 0.917. The van der Waals surface area contributed by atoms with Gasteiger partial charge in [0.2, 0.25) is 0 Å². The zero-order valence-corrected chi connectivity index (χ0v) is 16.2. The highest BCUT2D eigenvalue weighted by molar-refractivity contribution is 5.26. The average Bonchev–Trinajstić information content (AvgIpc) is 3.43. The molecule has 6 saturated carbocycles. The lowest BCUT2D eigenvalue weighted by Gasteiger charge is -2.48. The summed E-state index contributed by atoms with van der Waals surface area (Å²) in [5, 5.41) is 9.96. The van der Waals surface area contributed by atoms with E-state index in [9.17, 15) is 5.11 Å². The Bertz CT molecular complexity index is 595. The van der Waals surface area contributed by atoms with Crippen LogP contribution in [0.5, 0.6) is 0 Å². The summed E-state index contributed by atoms with van der Waals surface area (Å²) in [6, 6.07) is 0. The van der Waals surface area contributed by atoms with Crippen LogP contribution in [0, 0.1) is 82.9 Å². The maximum absolute atomic E-state index is 9.96. The van der Waals surface area contributed by atoms with E-state index in [1.165, 1.54) is 12.8 Å². The summed E-state index contributed by atoms with van der Waals surface area (Å²) in [5.74, 6) is 14.0. The number of hydrogen-bond acceptors (Lipinski definition) is 1. The van der Waals surface area contributed by atoms with Gasteiger partial charge in [0.1, 0.15) is 0 Å². The van der Waals surface area contributed by atoms with E-state index in [0.29, 0.717) is 12.5 Å². The molecule has 6 bridgehead atoms. The number of aliphatic hydroxyl groups excluding tert-OH is 1. The van der Waals surface area contributed by atoms with Gasteiger partial charge in [-0.3, -0.25) is 0 Å². The molecule has 6 fully saturated rings. The summed E-state index contributed by atoms with van der Waals surface area (Å²) in [4.78, 5) is 0. The molecule has 1 heteroatoms. The van der Waals surface area contributed by atoms with Gasteiger partial charge in [-0.25, -0.2) is 0 Å². The van der Waals surface area contributed by atoms with Crippen LogP contribution in [0.4, 0.5) is 0 Å². The zero-order chi connectivity index (χ0) is 17.0. The number of fused-ring (bicyclic) bond motifs is 19. The third-order valence-electron chi connectivity index (χ3n) is 10.6. The van der Waals surface area contributed by atoms with Crippen LogP contribution in [0.2, 0.25) is 0 Å². The highest BCUT2D eigenvalue weighted by atomic mass is 16.3. The molecule has 14 unspecified atom stereocenters. The Morgan fingerprint density at radius 2 is 1.20 bits per heavy atom. The molecule has 0 aromatic carbocycles. The molecule has 0 amide bonds. The molecule has 7 aliphatic rings. The van der Waals surface area contributed by atoms with Crippen LogP contribution in [-0.2, 0) is 0 Å². The minimum atomic E-state index is 0.472. The van der Waals surface area contributed by atoms with Crippen LogP contribution in [-0.4, -0.2) is 11.7 Å². The number of rotatable bonds is 1. The minimum Gasteiger partial charge on any atom is -0.396 e. The summed E-state index contributed by atoms with van der Waals surface area (Å²) in [6.45, 7) is 6.99. The molecule has 14 atom stereocenters. The van der Waals surface area contributed by atoms with Crippen molar-refractivity contribution in [2.45, 2.75) is 46.5 Å². The number of hydrogen-bond donors (Lipinski definition) is 1. The molecule has 0 heterocycles. The Kier molecular flexibility index (Phi) is 3.24. The highest BCUT2D eigenvalue weighted by Gasteiger charge is 2.74. The lowest BCUT2D eigenvalue weighted by molar-refractivity contribution is -0.0105. The van der Waals surface area contributed by atoms with Crippen molar-refractivity contribution in [3.8, 4) is 0 Å². The second-order valence-corrected chi connectivity index (χ2v) is 10.7. The lowest BCUT2D eigenvalue weighted by Crippen LogP contribution is -2.45. The van der Waals surface area contributed by atoms with Crippen molar-refractivity contribution >= 4 is 0 Å². The standard InChI is InChI=1S/C22H30O.C2H6/c1-9-4-12(8-23)20-16-6-13(17(9)20)21-14-7-15(22(16)21)19-11-3-2-10(5-11)18(14)19;1-2/h2-3,9-23H,4-8H2,1H3;1-2H3. The molecule has 0 radical (unpaired) electrons. The quantitative estimate of drug-likeness (QED) is 0.534. The molecule has 7 aliphatic carbocycles. The van der Waals surface area contributed by atoms with E-state index in [1.807, 2.05) is 13.8 Å². The predicted molar refractivity (Wildman–Crippen MR) is 101 cm³/mol. The minimum absolute atomic E-state index is 0.472. The van der Waals surface area contributed by atoms with Crippen LogP contribution < -0.4 is 0 Å². The first kappa shape index (κ1) is 15.7. The van der Waals surface area contributed by atoms with Gasteiger partial charge in [0.25, 0.3) is 0 Å². The van der Waals surface area contributed by atoms with Gasteiger partial charge in [0.15, 0.2) is 0 Å². The van der Waals surface area contributed by atoms with Crippen molar-refractivity contribution in [2.75, 3.05) is 6.61 Å². The number of allylic oxidation sites excluding steroid dienone is 2. The lowest BCUT2D eigenvalue weighted by atomic mass is 9.56. The molecule has 0 aromatic heterocycles. The molecule has 0 spiro atoms. The summed E-state index contributed by atoms with van der Waals surface area (Å²) in [6.07, 6.45) is 11.2. The van der Waals surface area contributed by atoms with Crippen molar-refractivity contribution in [3.63, 3.8) is 0 Å². The van der Waals surface area contributed by atoms with Gasteiger partial charge in [0, 0.05) is 6.61 Å². The molecule has 0 saturated heterocycles. The Hall–Kier alpha value is -0.300. The van der Waals surface area contributed by atoms with Crippen molar-refractivity contribution < 1.29 is 5.11 Å². The third-order valence-corrected chi connectivity index (χ3v) is 10.6. The molecular formula is C24H36O. The van der Waals surface area contributed by atoms with Crippen LogP contribution in [0.15, 0.2) is 12.2 Å². The molecule has 25 heavy (non-hydrogen) atoms. The molecule has 0 aliphatic heterocycles. The summed E-state index contributed by atoms with van der Waals surface area (Å²) >= 11 is 0. The van der Waals surface area contributed by atoms with E-state index >= 15 is 0 Å². The van der Waals surface area contributed by atoms with Gasteiger partial charge >= 0.3 is 0 Å². The molecule has 7 rings (SSSR count). The second-order valence-electron chi connectivity index (χ2n) is 10.7. The second kappa shape index (κ2) is 5.15. The van der Waals surface area contributed by atoms with Gasteiger partial charge < -0.3 is 5.11 Å². The summed E-state index contributed by atoms with van der Waals surface area (Å²) < 4.78 is 0. The maximum atomic E-state index is 9.96.